The van der Waals surface area contributed by atoms with E-state index < -0.39 is 10.0 Å². The average Bonchev–Trinajstić information content (AvgIpc) is 2.34. The maximum atomic E-state index is 12.2. The molecule has 19 heavy (non-hydrogen) atoms. The van der Waals surface area contributed by atoms with Crippen molar-refractivity contribution in [2.45, 2.75) is 18.7 Å². The van der Waals surface area contributed by atoms with Crippen LogP contribution < -0.4 is 4.72 Å². The molecular weight excluding hydrogens is 282 g/mol. The van der Waals surface area contributed by atoms with Crippen LogP contribution in [-0.2, 0) is 10.0 Å². The van der Waals surface area contributed by atoms with E-state index in [2.05, 4.69) is 4.72 Å². The van der Waals surface area contributed by atoms with Crippen molar-refractivity contribution in [1.29, 1.82) is 0 Å². The average molecular weight is 296 g/mol. The summed E-state index contributed by atoms with van der Waals surface area (Å²) in [6, 6.07) is 11.7. The van der Waals surface area contributed by atoms with Crippen LogP contribution in [0.1, 0.15) is 11.1 Å². The second-order valence-electron chi connectivity index (χ2n) is 4.38. The van der Waals surface area contributed by atoms with Crippen LogP contribution in [0.4, 0.5) is 5.69 Å². The van der Waals surface area contributed by atoms with E-state index in [1.54, 1.807) is 42.5 Å². The molecule has 0 heterocycles. The van der Waals surface area contributed by atoms with Gasteiger partial charge in [-0.15, -0.1) is 0 Å². The summed E-state index contributed by atoms with van der Waals surface area (Å²) in [7, 11) is -3.57. The van der Waals surface area contributed by atoms with Gasteiger partial charge in [-0.1, -0.05) is 35.4 Å². The van der Waals surface area contributed by atoms with Crippen molar-refractivity contribution in [2.24, 2.45) is 0 Å². The standard InChI is InChI=1S/C14H14ClNO2S/c1-10-3-7-13(8-4-10)19(17,18)16-12-6-5-11(2)14(15)9-12/h3-9,16H,1-2H3. The Balaban J connectivity index is 2.30. The van der Waals surface area contributed by atoms with Crippen molar-refractivity contribution >= 4 is 27.3 Å². The number of aryl methyl sites for hydroxylation is 2. The maximum Gasteiger partial charge on any atom is 0.261 e. The Labute approximate surface area is 118 Å². The third-order valence-electron chi connectivity index (χ3n) is 2.76. The number of halogens is 1. The van der Waals surface area contributed by atoms with Crippen molar-refractivity contribution < 1.29 is 8.42 Å². The van der Waals surface area contributed by atoms with Crippen molar-refractivity contribution in [3.8, 4) is 0 Å². The molecule has 0 spiro atoms. The first-order chi connectivity index (χ1) is 8.88. The van der Waals surface area contributed by atoms with Gasteiger partial charge in [0.15, 0.2) is 0 Å². The molecule has 0 saturated carbocycles. The summed E-state index contributed by atoms with van der Waals surface area (Å²) in [5, 5.41) is 0.532. The van der Waals surface area contributed by atoms with E-state index in [1.807, 2.05) is 13.8 Å². The molecule has 0 atom stereocenters. The molecule has 100 valence electrons. The summed E-state index contributed by atoms with van der Waals surface area (Å²) in [6.45, 7) is 3.77. The molecule has 2 aromatic carbocycles. The van der Waals surface area contributed by atoms with Crippen LogP contribution in [0.15, 0.2) is 47.4 Å². The monoisotopic (exact) mass is 295 g/mol. The predicted octanol–water partition coefficient (Wildman–Crippen LogP) is 3.76. The Morgan fingerprint density at radius 1 is 1.00 bits per heavy atom. The molecule has 5 heteroatoms. The van der Waals surface area contributed by atoms with Crippen LogP contribution >= 0.6 is 11.6 Å². The normalized spacial score (nSPS) is 11.3. The number of benzene rings is 2. The van der Waals surface area contributed by atoms with E-state index >= 15 is 0 Å². The molecule has 0 aliphatic heterocycles. The van der Waals surface area contributed by atoms with Gasteiger partial charge in [0.2, 0.25) is 0 Å². The van der Waals surface area contributed by atoms with E-state index in [4.69, 9.17) is 11.6 Å². The van der Waals surface area contributed by atoms with Gasteiger partial charge in [0.25, 0.3) is 10.0 Å². The highest BCUT2D eigenvalue weighted by Crippen LogP contribution is 2.22. The van der Waals surface area contributed by atoms with E-state index in [0.29, 0.717) is 10.7 Å². The molecule has 0 radical (unpaired) electrons. The number of nitrogens with one attached hydrogen (secondary N) is 1. The molecule has 0 aliphatic rings. The summed E-state index contributed by atoms with van der Waals surface area (Å²) in [5.41, 5.74) is 2.37. The summed E-state index contributed by atoms with van der Waals surface area (Å²) in [4.78, 5) is 0.231. The Kier molecular flexibility index (Phi) is 3.83. The molecule has 0 amide bonds. The van der Waals surface area contributed by atoms with Gasteiger partial charge in [-0.05, 0) is 43.7 Å². The van der Waals surface area contributed by atoms with E-state index in [-0.39, 0.29) is 4.90 Å². The summed E-state index contributed by atoms with van der Waals surface area (Å²) >= 11 is 5.97. The fourth-order valence-electron chi connectivity index (χ4n) is 1.59. The molecule has 3 nitrogen and oxygen atoms in total. The van der Waals surface area contributed by atoms with Gasteiger partial charge in [-0.25, -0.2) is 8.42 Å². The van der Waals surface area contributed by atoms with Crippen molar-refractivity contribution in [2.75, 3.05) is 4.72 Å². The van der Waals surface area contributed by atoms with Crippen LogP contribution in [0.25, 0.3) is 0 Å². The van der Waals surface area contributed by atoms with Crippen LogP contribution in [0.2, 0.25) is 5.02 Å². The van der Waals surface area contributed by atoms with E-state index in [0.717, 1.165) is 11.1 Å². The second kappa shape index (κ2) is 5.23. The Morgan fingerprint density at radius 3 is 2.21 bits per heavy atom. The topological polar surface area (TPSA) is 46.2 Å². The summed E-state index contributed by atoms with van der Waals surface area (Å²) in [6.07, 6.45) is 0. The second-order valence-corrected chi connectivity index (χ2v) is 6.47. The summed E-state index contributed by atoms with van der Waals surface area (Å²) in [5.74, 6) is 0. The van der Waals surface area contributed by atoms with E-state index in [1.165, 1.54) is 0 Å². The lowest BCUT2D eigenvalue weighted by Gasteiger charge is -2.09. The van der Waals surface area contributed by atoms with Gasteiger partial charge >= 0.3 is 0 Å². The minimum atomic E-state index is -3.57. The molecule has 2 rings (SSSR count). The SMILES string of the molecule is Cc1ccc(S(=O)(=O)Nc2ccc(C)c(Cl)c2)cc1. The fraction of sp³-hybridized carbons (Fsp3) is 0.143. The van der Waals surface area contributed by atoms with Crippen LogP contribution in [0, 0.1) is 13.8 Å². The molecule has 0 aliphatic carbocycles. The molecule has 1 N–H and O–H groups in total. The number of anilines is 1. The molecule has 0 fully saturated rings. The zero-order valence-electron chi connectivity index (χ0n) is 10.6. The number of hydrogen-bond acceptors (Lipinski definition) is 2. The molecule has 2 aromatic rings. The highest BCUT2D eigenvalue weighted by Gasteiger charge is 2.14. The molecule has 0 saturated heterocycles. The van der Waals surface area contributed by atoms with Crippen LogP contribution in [0.5, 0.6) is 0 Å². The summed E-state index contributed by atoms with van der Waals surface area (Å²) < 4.78 is 26.8. The fourth-order valence-corrected chi connectivity index (χ4v) is 2.82. The van der Waals surface area contributed by atoms with Gasteiger partial charge < -0.3 is 0 Å². The first-order valence-electron chi connectivity index (χ1n) is 5.74. The van der Waals surface area contributed by atoms with Gasteiger partial charge in [0.05, 0.1) is 10.6 Å². The highest BCUT2D eigenvalue weighted by molar-refractivity contribution is 7.92. The van der Waals surface area contributed by atoms with Crippen LogP contribution in [-0.4, -0.2) is 8.42 Å². The molecular formula is C14H14ClNO2S. The Morgan fingerprint density at radius 2 is 1.63 bits per heavy atom. The Hall–Kier alpha value is -1.52. The zero-order valence-corrected chi connectivity index (χ0v) is 12.2. The number of hydrogen-bond donors (Lipinski definition) is 1. The van der Waals surface area contributed by atoms with Gasteiger partial charge in [0, 0.05) is 5.02 Å². The van der Waals surface area contributed by atoms with Gasteiger partial charge in [0.1, 0.15) is 0 Å². The predicted molar refractivity (Wildman–Crippen MR) is 78.2 cm³/mol. The minimum Gasteiger partial charge on any atom is -0.280 e. The third-order valence-corrected chi connectivity index (χ3v) is 4.56. The lowest BCUT2D eigenvalue weighted by molar-refractivity contribution is 0.601. The van der Waals surface area contributed by atoms with Gasteiger partial charge in [-0.2, -0.15) is 0 Å². The van der Waals surface area contributed by atoms with Crippen molar-refractivity contribution in [3.63, 3.8) is 0 Å². The lowest BCUT2D eigenvalue weighted by Crippen LogP contribution is -2.12. The minimum absolute atomic E-state index is 0.231. The van der Waals surface area contributed by atoms with Crippen molar-refractivity contribution in [3.05, 3.63) is 58.6 Å². The first kappa shape index (κ1) is 13.9. The van der Waals surface area contributed by atoms with E-state index in [9.17, 15) is 8.42 Å². The smallest absolute Gasteiger partial charge is 0.261 e. The number of sulfonamides is 1. The third kappa shape index (κ3) is 3.28. The lowest BCUT2D eigenvalue weighted by atomic mass is 10.2. The molecule has 0 bridgehead atoms. The first-order valence-corrected chi connectivity index (χ1v) is 7.60. The Bertz CT molecular complexity index is 694. The maximum absolute atomic E-state index is 12.2. The highest BCUT2D eigenvalue weighted by atomic mass is 35.5. The van der Waals surface area contributed by atoms with Crippen molar-refractivity contribution in [1.82, 2.24) is 0 Å². The largest absolute Gasteiger partial charge is 0.280 e. The quantitative estimate of drug-likeness (QED) is 0.937. The van der Waals surface area contributed by atoms with Gasteiger partial charge in [-0.3, -0.25) is 4.72 Å². The van der Waals surface area contributed by atoms with Crippen LogP contribution in [0.3, 0.4) is 0 Å². The zero-order chi connectivity index (χ0) is 14.0. The number of rotatable bonds is 3. The molecule has 0 unspecified atom stereocenters. The molecule has 0 aromatic heterocycles.